The van der Waals surface area contributed by atoms with E-state index < -0.39 is 0 Å². The molecule has 2 aliphatic heterocycles. The van der Waals surface area contributed by atoms with Crippen molar-refractivity contribution in [3.63, 3.8) is 0 Å². The highest BCUT2D eigenvalue weighted by Gasteiger charge is 2.37. The molecular formula is C17H23NO3. The topological polar surface area (TPSA) is 42.7 Å². The van der Waals surface area contributed by atoms with Gasteiger partial charge in [0.15, 0.2) is 0 Å². The van der Waals surface area contributed by atoms with E-state index in [-0.39, 0.29) is 11.5 Å². The van der Waals surface area contributed by atoms with Gasteiger partial charge >= 0.3 is 0 Å². The number of furan rings is 1. The van der Waals surface area contributed by atoms with E-state index in [1.807, 2.05) is 24.8 Å². The largest absolute Gasteiger partial charge is 0.466 e. The third-order valence-electron chi connectivity index (χ3n) is 4.56. The molecule has 114 valence electrons. The van der Waals surface area contributed by atoms with Crippen LogP contribution in [0.3, 0.4) is 0 Å². The van der Waals surface area contributed by atoms with E-state index in [0.717, 1.165) is 44.7 Å². The molecule has 21 heavy (non-hydrogen) atoms. The van der Waals surface area contributed by atoms with Crippen molar-refractivity contribution in [1.29, 1.82) is 0 Å². The zero-order valence-electron chi connectivity index (χ0n) is 13.1. The van der Waals surface area contributed by atoms with Crippen molar-refractivity contribution < 1.29 is 13.9 Å². The van der Waals surface area contributed by atoms with Crippen LogP contribution in [0.4, 0.5) is 0 Å². The summed E-state index contributed by atoms with van der Waals surface area (Å²) in [4.78, 5) is 14.5. The van der Waals surface area contributed by atoms with Gasteiger partial charge in [-0.3, -0.25) is 4.79 Å². The van der Waals surface area contributed by atoms with Crippen LogP contribution >= 0.6 is 0 Å². The average molecular weight is 289 g/mol. The van der Waals surface area contributed by atoms with Crippen molar-refractivity contribution in [3.8, 4) is 0 Å². The van der Waals surface area contributed by atoms with Gasteiger partial charge in [0.05, 0.1) is 17.8 Å². The van der Waals surface area contributed by atoms with Gasteiger partial charge in [-0.1, -0.05) is 11.6 Å². The maximum Gasteiger partial charge on any atom is 0.257 e. The molecule has 1 amide bonds. The maximum atomic E-state index is 12.6. The molecule has 0 unspecified atom stereocenters. The van der Waals surface area contributed by atoms with Crippen LogP contribution < -0.4 is 0 Å². The van der Waals surface area contributed by atoms with E-state index in [1.165, 1.54) is 5.57 Å². The summed E-state index contributed by atoms with van der Waals surface area (Å²) < 4.78 is 11.5. The fourth-order valence-electron chi connectivity index (χ4n) is 3.37. The summed E-state index contributed by atoms with van der Waals surface area (Å²) in [6.07, 6.45) is 5.06. The number of nitrogens with zero attached hydrogens (tertiary/aromatic N) is 1. The molecule has 3 rings (SSSR count). The third kappa shape index (κ3) is 2.77. The molecule has 2 aliphatic rings. The van der Waals surface area contributed by atoms with E-state index in [2.05, 4.69) is 13.0 Å². The first kappa shape index (κ1) is 14.4. The molecular weight excluding hydrogens is 266 g/mol. The molecule has 1 aromatic rings. The van der Waals surface area contributed by atoms with E-state index in [4.69, 9.17) is 9.15 Å². The number of amides is 1. The Kier molecular flexibility index (Phi) is 3.66. The minimum absolute atomic E-state index is 0.0794. The summed E-state index contributed by atoms with van der Waals surface area (Å²) >= 11 is 0. The number of likely N-dealkylation sites (tertiary alicyclic amines) is 1. The first-order chi connectivity index (χ1) is 9.99. The van der Waals surface area contributed by atoms with Crippen molar-refractivity contribution in [2.24, 2.45) is 0 Å². The van der Waals surface area contributed by atoms with Crippen LogP contribution in [-0.2, 0) is 4.74 Å². The highest BCUT2D eigenvalue weighted by atomic mass is 16.5. The summed E-state index contributed by atoms with van der Waals surface area (Å²) in [7, 11) is 0. The van der Waals surface area contributed by atoms with Gasteiger partial charge in [0, 0.05) is 13.1 Å². The lowest BCUT2D eigenvalue weighted by molar-refractivity contribution is -0.0522. The number of carbonyl (C=O) groups is 1. The molecule has 1 aromatic heterocycles. The van der Waals surface area contributed by atoms with Crippen LogP contribution in [0.5, 0.6) is 0 Å². The number of rotatable bonds is 1. The minimum atomic E-state index is -0.138. The van der Waals surface area contributed by atoms with Crippen LogP contribution in [0.15, 0.2) is 22.1 Å². The zero-order chi connectivity index (χ0) is 15.0. The number of ether oxygens (including phenoxy) is 1. The standard InChI is InChI=1S/C17H23NO3/c1-12-4-9-20-17(11-12)5-7-18(8-6-17)16(19)15-10-13(2)21-14(15)3/h10-11H,4-9H2,1-3H3. The van der Waals surface area contributed by atoms with E-state index in [0.29, 0.717) is 11.3 Å². The predicted molar refractivity (Wildman–Crippen MR) is 80.4 cm³/mol. The molecule has 0 atom stereocenters. The minimum Gasteiger partial charge on any atom is -0.466 e. The second-order valence-electron chi connectivity index (χ2n) is 6.27. The number of piperidine rings is 1. The number of aryl methyl sites for hydroxylation is 2. The predicted octanol–water partition coefficient (Wildman–Crippen LogP) is 3.24. The number of carbonyl (C=O) groups excluding carboxylic acids is 1. The van der Waals surface area contributed by atoms with Gasteiger partial charge in [-0.15, -0.1) is 0 Å². The Morgan fingerprint density at radius 3 is 2.52 bits per heavy atom. The summed E-state index contributed by atoms with van der Waals surface area (Å²) in [6, 6.07) is 1.84. The molecule has 1 spiro atoms. The Labute approximate surface area is 125 Å². The molecule has 3 heterocycles. The van der Waals surface area contributed by atoms with Gasteiger partial charge in [0.2, 0.25) is 0 Å². The summed E-state index contributed by atoms with van der Waals surface area (Å²) in [5.74, 6) is 1.58. The summed E-state index contributed by atoms with van der Waals surface area (Å²) in [5, 5.41) is 0. The van der Waals surface area contributed by atoms with Crippen molar-refractivity contribution in [2.75, 3.05) is 19.7 Å². The second kappa shape index (κ2) is 5.34. The van der Waals surface area contributed by atoms with Crippen molar-refractivity contribution in [1.82, 2.24) is 4.90 Å². The Balaban J connectivity index is 1.70. The zero-order valence-corrected chi connectivity index (χ0v) is 13.1. The molecule has 0 aromatic carbocycles. The lowest BCUT2D eigenvalue weighted by Gasteiger charge is -2.42. The van der Waals surface area contributed by atoms with Crippen molar-refractivity contribution >= 4 is 5.91 Å². The Morgan fingerprint density at radius 2 is 1.95 bits per heavy atom. The molecule has 0 saturated carbocycles. The monoisotopic (exact) mass is 289 g/mol. The maximum absolute atomic E-state index is 12.6. The van der Waals surface area contributed by atoms with Gasteiger partial charge in [0.1, 0.15) is 11.5 Å². The molecule has 4 heteroatoms. The van der Waals surface area contributed by atoms with E-state index >= 15 is 0 Å². The Morgan fingerprint density at radius 1 is 1.24 bits per heavy atom. The van der Waals surface area contributed by atoms with Crippen molar-refractivity contribution in [2.45, 2.75) is 45.6 Å². The molecule has 0 aliphatic carbocycles. The van der Waals surface area contributed by atoms with E-state index in [9.17, 15) is 4.79 Å². The fraction of sp³-hybridized carbons (Fsp3) is 0.588. The van der Waals surface area contributed by atoms with Crippen LogP contribution in [0.1, 0.15) is 48.1 Å². The molecule has 1 saturated heterocycles. The number of hydrogen-bond acceptors (Lipinski definition) is 3. The van der Waals surface area contributed by atoms with Crippen LogP contribution in [-0.4, -0.2) is 36.1 Å². The van der Waals surface area contributed by atoms with Gasteiger partial charge < -0.3 is 14.1 Å². The van der Waals surface area contributed by atoms with Gasteiger partial charge in [0.25, 0.3) is 5.91 Å². The third-order valence-corrected chi connectivity index (χ3v) is 4.56. The average Bonchev–Trinajstić information content (AvgIpc) is 2.78. The van der Waals surface area contributed by atoms with Crippen LogP contribution in [0.2, 0.25) is 0 Å². The Hall–Kier alpha value is -1.55. The first-order valence-electron chi connectivity index (χ1n) is 7.68. The lowest BCUT2D eigenvalue weighted by Crippen LogP contribution is -2.48. The Bertz CT molecular complexity index is 577. The number of hydrogen-bond donors (Lipinski definition) is 0. The van der Waals surface area contributed by atoms with E-state index in [1.54, 1.807) is 0 Å². The smallest absolute Gasteiger partial charge is 0.257 e. The first-order valence-corrected chi connectivity index (χ1v) is 7.68. The SMILES string of the molecule is CC1=CC2(CCN(C(=O)c3cc(C)oc3C)CC2)OCC1. The quantitative estimate of drug-likeness (QED) is 0.745. The molecule has 0 radical (unpaired) electrons. The molecule has 0 bridgehead atoms. The highest BCUT2D eigenvalue weighted by Crippen LogP contribution is 2.33. The van der Waals surface area contributed by atoms with Gasteiger partial charge in [-0.05, 0) is 46.1 Å². The summed E-state index contributed by atoms with van der Waals surface area (Å²) in [5.41, 5.74) is 1.96. The highest BCUT2D eigenvalue weighted by molar-refractivity contribution is 5.95. The second-order valence-corrected chi connectivity index (χ2v) is 6.27. The normalized spacial score (nSPS) is 21.5. The molecule has 4 nitrogen and oxygen atoms in total. The van der Waals surface area contributed by atoms with Gasteiger partial charge in [-0.25, -0.2) is 0 Å². The lowest BCUT2D eigenvalue weighted by atomic mass is 9.87. The van der Waals surface area contributed by atoms with Crippen molar-refractivity contribution in [3.05, 3.63) is 34.8 Å². The van der Waals surface area contributed by atoms with Crippen LogP contribution in [0, 0.1) is 13.8 Å². The molecule has 0 N–H and O–H groups in total. The molecule has 1 fully saturated rings. The summed E-state index contributed by atoms with van der Waals surface area (Å²) in [6.45, 7) is 8.18. The van der Waals surface area contributed by atoms with Crippen LogP contribution in [0.25, 0.3) is 0 Å². The fourth-order valence-corrected chi connectivity index (χ4v) is 3.37. The van der Waals surface area contributed by atoms with Gasteiger partial charge in [-0.2, -0.15) is 0 Å².